The lowest BCUT2D eigenvalue weighted by Gasteiger charge is -2.19. The third-order valence-electron chi connectivity index (χ3n) is 7.14. The van der Waals surface area contributed by atoms with Gasteiger partial charge in [-0.2, -0.15) is 0 Å². The number of aryl methyl sites for hydroxylation is 1. The lowest BCUT2D eigenvalue weighted by molar-refractivity contribution is 1.44. The first-order valence-electron chi connectivity index (χ1n) is 12.1. The molecular weight excluding hydrogens is 422 g/mol. The first kappa shape index (κ1) is 19.9. The second-order valence-corrected chi connectivity index (χ2v) is 9.29. The highest BCUT2D eigenvalue weighted by atomic mass is 14.6. The molecular formula is C34H23N. The standard InChI is InChI=1S/C34H23N/c1-22-14-16-24(17-15-22)32-27-10-4-5-11-28(27)33(26-19-18-23-8-2-3-9-25(23)20-26)34-29-12-6-7-13-31(29)35-21-30(32)34/h2-21H,1H3. The minimum absolute atomic E-state index is 1.02. The van der Waals surface area contributed by atoms with Crippen molar-refractivity contribution >= 4 is 43.2 Å². The molecule has 0 saturated heterocycles. The molecule has 6 aromatic carbocycles. The van der Waals surface area contributed by atoms with Gasteiger partial charge in [-0.05, 0) is 62.9 Å². The molecule has 7 rings (SSSR count). The number of pyridine rings is 1. The molecule has 1 aromatic heterocycles. The normalized spacial score (nSPS) is 11.6. The van der Waals surface area contributed by atoms with E-state index in [1.165, 1.54) is 65.5 Å². The van der Waals surface area contributed by atoms with Crippen molar-refractivity contribution in [2.75, 3.05) is 0 Å². The van der Waals surface area contributed by atoms with E-state index in [0.717, 1.165) is 5.52 Å². The van der Waals surface area contributed by atoms with Crippen molar-refractivity contribution in [1.82, 2.24) is 4.98 Å². The van der Waals surface area contributed by atoms with Crippen LogP contribution in [0.1, 0.15) is 5.56 Å². The Morgan fingerprint density at radius 3 is 1.91 bits per heavy atom. The van der Waals surface area contributed by atoms with Crippen LogP contribution in [0.4, 0.5) is 0 Å². The molecule has 0 atom stereocenters. The molecule has 0 aliphatic heterocycles. The van der Waals surface area contributed by atoms with Crippen molar-refractivity contribution in [2.45, 2.75) is 6.92 Å². The molecule has 0 amide bonds. The molecule has 1 heteroatoms. The van der Waals surface area contributed by atoms with Gasteiger partial charge >= 0.3 is 0 Å². The van der Waals surface area contributed by atoms with Crippen LogP contribution in [0.3, 0.4) is 0 Å². The van der Waals surface area contributed by atoms with Crippen molar-refractivity contribution in [3.05, 3.63) is 127 Å². The van der Waals surface area contributed by atoms with Crippen molar-refractivity contribution < 1.29 is 0 Å². The van der Waals surface area contributed by atoms with Gasteiger partial charge in [-0.15, -0.1) is 0 Å². The number of hydrogen-bond acceptors (Lipinski definition) is 1. The van der Waals surface area contributed by atoms with Crippen LogP contribution >= 0.6 is 0 Å². The molecule has 0 unspecified atom stereocenters. The summed E-state index contributed by atoms with van der Waals surface area (Å²) in [5, 5.41) is 8.67. The Hall–Kier alpha value is -4.49. The molecule has 1 heterocycles. The van der Waals surface area contributed by atoms with E-state index in [-0.39, 0.29) is 0 Å². The van der Waals surface area contributed by atoms with Gasteiger partial charge in [0.05, 0.1) is 5.52 Å². The average Bonchev–Trinajstić information content (AvgIpc) is 2.92. The van der Waals surface area contributed by atoms with E-state index in [0.29, 0.717) is 0 Å². The van der Waals surface area contributed by atoms with Crippen LogP contribution < -0.4 is 0 Å². The molecule has 164 valence electrons. The number of rotatable bonds is 2. The number of benzene rings is 6. The highest BCUT2D eigenvalue weighted by Gasteiger charge is 2.19. The summed E-state index contributed by atoms with van der Waals surface area (Å²) < 4.78 is 0. The van der Waals surface area contributed by atoms with Crippen molar-refractivity contribution in [2.24, 2.45) is 0 Å². The highest BCUT2D eigenvalue weighted by Crippen LogP contribution is 2.45. The van der Waals surface area contributed by atoms with Crippen LogP contribution in [-0.4, -0.2) is 4.98 Å². The smallest absolute Gasteiger partial charge is 0.0708 e. The van der Waals surface area contributed by atoms with Gasteiger partial charge in [-0.1, -0.05) is 109 Å². The zero-order valence-electron chi connectivity index (χ0n) is 19.5. The van der Waals surface area contributed by atoms with Gasteiger partial charge in [0.1, 0.15) is 0 Å². The summed E-state index contributed by atoms with van der Waals surface area (Å²) in [5.41, 5.74) is 7.26. The van der Waals surface area contributed by atoms with Crippen LogP contribution in [0.5, 0.6) is 0 Å². The Balaban J connectivity index is 1.72. The minimum Gasteiger partial charge on any atom is -0.256 e. The van der Waals surface area contributed by atoms with Gasteiger partial charge in [-0.3, -0.25) is 4.98 Å². The molecule has 0 fully saturated rings. The fourth-order valence-corrected chi connectivity index (χ4v) is 5.48. The summed E-state index contributed by atoms with van der Waals surface area (Å²) >= 11 is 0. The topological polar surface area (TPSA) is 12.9 Å². The number of aromatic nitrogens is 1. The van der Waals surface area contributed by atoms with E-state index < -0.39 is 0 Å². The van der Waals surface area contributed by atoms with E-state index in [9.17, 15) is 0 Å². The summed E-state index contributed by atoms with van der Waals surface area (Å²) in [6.45, 7) is 2.14. The van der Waals surface area contributed by atoms with Gasteiger partial charge in [0, 0.05) is 22.4 Å². The molecule has 0 bridgehead atoms. The van der Waals surface area contributed by atoms with Crippen LogP contribution in [0.2, 0.25) is 0 Å². The van der Waals surface area contributed by atoms with Crippen LogP contribution in [0.25, 0.3) is 65.5 Å². The second kappa shape index (κ2) is 7.78. The molecule has 0 radical (unpaired) electrons. The summed E-state index contributed by atoms with van der Waals surface area (Å²) in [7, 11) is 0. The molecule has 35 heavy (non-hydrogen) atoms. The van der Waals surface area contributed by atoms with Crippen LogP contribution in [0, 0.1) is 6.92 Å². The predicted molar refractivity (Wildman–Crippen MR) is 150 cm³/mol. The number of hydrogen-bond donors (Lipinski definition) is 0. The Morgan fingerprint density at radius 2 is 1.11 bits per heavy atom. The van der Waals surface area contributed by atoms with Crippen LogP contribution in [0.15, 0.2) is 121 Å². The van der Waals surface area contributed by atoms with Gasteiger partial charge in [-0.25, -0.2) is 0 Å². The maximum Gasteiger partial charge on any atom is 0.0708 e. The molecule has 0 aliphatic carbocycles. The van der Waals surface area contributed by atoms with E-state index >= 15 is 0 Å². The average molecular weight is 446 g/mol. The largest absolute Gasteiger partial charge is 0.256 e. The SMILES string of the molecule is Cc1ccc(-c2c3ccccc3c(-c3ccc4ccccc4c3)c3c2cnc2ccccc23)cc1. The molecule has 1 nitrogen and oxygen atoms in total. The predicted octanol–water partition coefficient (Wildman–Crippen LogP) is 9.34. The number of nitrogens with zero attached hydrogens (tertiary/aromatic N) is 1. The Kier molecular flexibility index (Phi) is 4.43. The maximum atomic E-state index is 4.90. The summed E-state index contributed by atoms with van der Waals surface area (Å²) in [5.74, 6) is 0. The van der Waals surface area contributed by atoms with Gasteiger partial charge in [0.2, 0.25) is 0 Å². The van der Waals surface area contributed by atoms with Crippen molar-refractivity contribution in [3.8, 4) is 22.3 Å². The van der Waals surface area contributed by atoms with Gasteiger partial charge in [0.15, 0.2) is 0 Å². The van der Waals surface area contributed by atoms with Crippen molar-refractivity contribution in [3.63, 3.8) is 0 Å². The molecule has 0 aliphatic rings. The van der Waals surface area contributed by atoms with Crippen LogP contribution in [-0.2, 0) is 0 Å². The lowest BCUT2D eigenvalue weighted by atomic mass is 9.85. The molecule has 0 spiro atoms. The minimum atomic E-state index is 1.02. The lowest BCUT2D eigenvalue weighted by Crippen LogP contribution is -1.93. The fraction of sp³-hybridized carbons (Fsp3) is 0.0294. The Bertz CT molecular complexity index is 1900. The molecule has 0 saturated carbocycles. The van der Waals surface area contributed by atoms with E-state index in [1.807, 2.05) is 0 Å². The Morgan fingerprint density at radius 1 is 0.486 bits per heavy atom. The number of para-hydroxylation sites is 1. The zero-order valence-corrected chi connectivity index (χ0v) is 19.5. The second-order valence-electron chi connectivity index (χ2n) is 9.29. The van der Waals surface area contributed by atoms with E-state index in [2.05, 4.69) is 128 Å². The van der Waals surface area contributed by atoms with Gasteiger partial charge < -0.3 is 0 Å². The summed E-state index contributed by atoms with van der Waals surface area (Å²) in [4.78, 5) is 4.90. The van der Waals surface area contributed by atoms with Gasteiger partial charge in [0.25, 0.3) is 0 Å². The third-order valence-corrected chi connectivity index (χ3v) is 7.14. The molecule has 0 N–H and O–H groups in total. The molecule has 7 aromatic rings. The highest BCUT2D eigenvalue weighted by molar-refractivity contribution is 6.27. The first-order valence-corrected chi connectivity index (χ1v) is 12.1. The van der Waals surface area contributed by atoms with E-state index in [1.54, 1.807) is 0 Å². The summed E-state index contributed by atoms with van der Waals surface area (Å²) in [6.07, 6.45) is 2.07. The zero-order chi connectivity index (χ0) is 23.4. The number of fused-ring (bicyclic) bond motifs is 5. The third kappa shape index (κ3) is 3.13. The quantitative estimate of drug-likeness (QED) is 0.191. The fourth-order valence-electron chi connectivity index (χ4n) is 5.48. The van der Waals surface area contributed by atoms with E-state index in [4.69, 9.17) is 4.98 Å². The Labute approximate surface area is 204 Å². The summed E-state index contributed by atoms with van der Waals surface area (Å²) in [6, 6.07) is 41.6. The monoisotopic (exact) mass is 445 g/mol. The van der Waals surface area contributed by atoms with Crippen molar-refractivity contribution in [1.29, 1.82) is 0 Å². The first-order chi connectivity index (χ1) is 17.3. The maximum absolute atomic E-state index is 4.90.